The Morgan fingerprint density at radius 3 is 2.80 bits per heavy atom. The van der Waals surface area contributed by atoms with Gasteiger partial charge in [0.25, 0.3) is 5.91 Å². The van der Waals surface area contributed by atoms with Crippen molar-refractivity contribution in [2.75, 3.05) is 11.1 Å². The van der Waals surface area contributed by atoms with Crippen LogP contribution in [0, 0.1) is 0 Å². The van der Waals surface area contributed by atoms with E-state index in [0.717, 1.165) is 35.2 Å². The van der Waals surface area contributed by atoms with E-state index in [1.165, 1.54) is 28.7 Å². The molecule has 0 radical (unpaired) electrons. The first-order valence-electron chi connectivity index (χ1n) is 9.77. The van der Waals surface area contributed by atoms with Gasteiger partial charge < -0.3 is 11.1 Å². The van der Waals surface area contributed by atoms with Crippen LogP contribution in [0.2, 0.25) is 5.02 Å². The second-order valence-corrected chi connectivity index (χ2v) is 8.89. The molecule has 0 saturated heterocycles. The smallest absolute Gasteiger partial charge is 0.269 e. The summed E-state index contributed by atoms with van der Waals surface area (Å²) in [6.45, 7) is 0. The summed E-state index contributed by atoms with van der Waals surface area (Å²) in [5.41, 5.74) is 10.5. The Labute approximate surface area is 182 Å². The van der Waals surface area contributed by atoms with Crippen molar-refractivity contribution >= 4 is 50.6 Å². The van der Waals surface area contributed by atoms with Crippen molar-refractivity contribution in [3.05, 3.63) is 81.4 Å². The number of carbonyl (C=O) groups is 1. The topological polar surface area (TPSA) is 80.9 Å². The number of hydrogen-bond acceptors (Lipinski definition) is 5. The molecule has 1 atom stereocenters. The molecule has 5 rings (SSSR count). The summed E-state index contributed by atoms with van der Waals surface area (Å²) in [6.07, 6.45) is 4.43. The van der Waals surface area contributed by atoms with Gasteiger partial charge in [-0.15, -0.1) is 11.3 Å². The number of halogens is 1. The Bertz CT molecular complexity index is 1240. The third-order valence-corrected chi connectivity index (χ3v) is 6.87. The van der Waals surface area contributed by atoms with Gasteiger partial charge >= 0.3 is 0 Å². The summed E-state index contributed by atoms with van der Waals surface area (Å²) >= 11 is 7.18. The van der Waals surface area contributed by atoms with E-state index in [2.05, 4.69) is 40.6 Å². The van der Waals surface area contributed by atoms with Gasteiger partial charge in [0, 0.05) is 17.3 Å². The quantitative estimate of drug-likeness (QED) is 0.449. The van der Waals surface area contributed by atoms with Crippen molar-refractivity contribution in [3.63, 3.8) is 0 Å². The van der Waals surface area contributed by atoms with Crippen LogP contribution in [-0.2, 0) is 12.8 Å². The number of nitrogens with one attached hydrogen (secondary N) is 1. The fourth-order valence-electron chi connectivity index (χ4n) is 3.99. The van der Waals surface area contributed by atoms with Gasteiger partial charge in [-0.25, -0.2) is 9.97 Å². The standard InChI is InChI=1S/C23H19ClN4OS/c24-16-7-9-19(26-12-16)28-22(29)21-20(25)17-11-15-10-14(13-4-2-1-3-5-13)6-8-18(15)27-23(17)30-21/h1-5,7,9,11-12,14H,6,8,10,25H2,(H,26,28,29). The first-order chi connectivity index (χ1) is 14.6. The molecule has 30 heavy (non-hydrogen) atoms. The highest BCUT2D eigenvalue weighted by atomic mass is 35.5. The molecule has 5 nitrogen and oxygen atoms in total. The molecule has 0 spiro atoms. The molecular weight excluding hydrogens is 416 g/mol. The van der Waals surface area contributed by atoms with Gasteiger partial charge in [0.2, 0.25) is 0 Å². The summed E-state index contributed by atoms with van der Waals surface area (Å²) in [5, 5.41) is 4.14. The number of carbonyl (C=O) groups excluding carboxylic acids is 1. The Hall–Kier alpha value is -2.96. The summed E-state index contributed by atoms with van der Waals surface area (Å²) in [6, 6.07) is 16.1. The average Bonchev–Trinajstić information content (AvgIpc) is 3.09. The first kappa shape index (κ1) is 19.0. The summed E-state index contributed by atoms with van der Waals surface area (Å²) in [4.78, 5) is 23.0. The number of nitrogen functional groups attached to an aromatic ring is 1. The van der Waals surface area contributed by atoms with Crippen molar-refractivity contribution < 1.29 is 4.79 Å². The molecule has 0 fully saturated rings. The molecule has 4 aromatic rings. The number of aromatic nitrogens is 2. The second kappa shape index (κ2) is 7.70. The molecule has 3 heterocycles. The van der Waals surface area contributed by atoms with Crippen LogP contribution >= 0.6 is 22.9 Å². The number of thiophene rings is 1. The van der Waals surface area contributed by atoms with Crippen LogP contribution in [0.3, 0.4) is 0 Å². The molecule has 0 aliphatic heterocycles. The van der Waals surface area contributed by atoms with Crippen molar-refractivity contribution in [3.8, 4) is 0 Å². The van der Waals surface area contributed by atoms with Gasteiger partial charge in [-0.3, -0.25) is 4.79 Å². The zero-order valence-electron chi connectivity index (χ0n) is 16.1. The molecule has 1 amide bonds. The van der Waals surface area contributed by atoms with Crippen molar-refractivity contribution in [2.24, 2.45) is 0 Å². The van der Waals surface area contributed by atoms with Crippen LogP contribution in [0.1, 0.15) is 38.8 Å². The number of nitrogens with zero attached hydrogens (tertiary/aromatic N) is 2. The maximum Gasteiger partial charge on any atom is 0.269 e. The zero-order chi connectivity index (χ0) is 20.7. The lowest BCUT2D eigenvalue weighted by Gasteiger charge is -2.24. The molecule has 1 aliphatic carbocycles. The van der Waals surface area contributed by atoms with Gasteiger partial charge in [-0.1, -0.05) is 41.9 Å². The molecule has 3 N–H and O–H groups in total. The van der Waals surface area contributed by atoms with Crippen LogP contribution in [0.4, 0.5) is 11.5 Å². The third-order valence-electron chi connectivity index (χ3n) is 5.53. The number of aryl methyl sites for hydroxylation is 1. The number of hydrogen-bond donors (Lipinski definition) is 2. The Morgan fingerprint density at radius 1 is 1.20 bits per heavy atom. The molecular formula is C23H19ClN4OS. The number of fused-ring (bicyclic) bond motifs is 2. The fraction of sp³-hybridized carbons (Fsp3) is 0.174. The number of anilines is 2. The van der Waals surface area contributed by atoms with E-state index in [-0.39, 0.29) is 5.91 Å². The van der Waals surface area contributed by atoms with Gasteiger partial charge in [-0.05, 0) is 54.5 Å². The highest BCUT2D eigenvalue weighted by Gasteiger charge is 2.24. The van der Waals surface area contributed by atoms with Crippen LogP contribution < -0.4 is 11.1 Å². The minimum absolute atomic E-state index is 0.287. The number of amides is 1. The summed E-state index contributed by atoms with van der Waals surface area (Å²) in [7, 11) is 0. The van der Waals surface area contributed by atoms with Gasteiger partial charge in [0.1, 0.15) is 15.5 Å². The first-order valence-corrected chi connectivity index (χ1v) is 11.0. The number of rotatable bonds is 3. The predicted octanol–water partition coefficient (Wildman–Crippen LogP) is 5.45. The number of pyridine rings is 2. The molecule has 7 heteroatoms. The molecule has 1 unspecified atom stereocenters. The minimum Gasteiger partial charge on any atom is -0.397 e. The fourth-order valence-corrected chi connectivity index (χ4v) is 5.09. The highest BCUT2D eigenvalue weighted by molar-refractivity contribution is 7.21. The monoisotopic (exact) mass is 434 g/mol. The summed E-state index contributed by atoms with van der Waals surface area (Å²) < 4.78 is 0. The van der Waals surface area contributed by atoms with E-state index in [9.17, 15) is 4.79 Å². The Balaban J connectivity index is 1.45. The van der Waals surface area contributed by atoms with Crippen LogP contribution in [-0.4, -0.2) is 15.9 Å². The van der Waals surface area contributed by atoms with E-state index in [1.54, 1.807) is 12.1 Å². The predicted molar refractivity (Wildman–Crippen MR) is 122 cm³/mol. The maximum atomic E-state index is 12.8. The average molecular weight is 435 g/mol. The zero-order valence-corrected chi connectivity index (χ0v) is 17.6. The van der Waals surface area contributed by atoms with E-state index < -0.39 is 0 Å². The van der Waals surface area contributed by atoms with E-state index in [0.29, 0.717) is 27.3 Å². The normalized spacial score (nSPS) is 15.7. The maximum absolute atomic E-state index is 12.8. The van der Waals surface area contributed by atoms with Crippen LogP contribution in [0.25, 0.3) is 10.2 Å². The van der Waals surface area contributed by atoms with Crippen molar-refractivity contribution in [1.82, 2.24) is 9.97 Å². The minimum atomic E-state index is -0.287. The van der Waals surface area contributed by atoms with Crippen LogP contribution in [0.15, 0.2) is 54.7 Å². The number of benzene rings is 1. The number of nitrogens with two attached hydrogens (primary N) is 1. The van der Waals surface area contributed by atoms with Gasteiger partial charge in [0.15, 0.2) is 0 Å². The van der Waals surface area contributed by atoms with Crippen molar-refractivity contribution in [1.29, 1.82) is 0 Å². The lowest BCUT2D eigenvalue weighted by atomic mass is 9.82. The lowest BCUT2D eigenvalue weighted by Crippen LogP contribution is -2.14. The molecule has 0 bridgehead atoms. The Kier molecular flexibility index (Phi) is 4.89. The van der Waals surface area contributed by atoms with Crippen molar-refractivity contribution in [2.45, 2.75) is 25.2 Å². The van der Waals surface area contributed by atoms with E-state index in [4.69, 9.17) is 22.3 Å². The SMILES string of the molecule is Nc1c(C(=O)Nc2ccc(Cl)cn2)sc2nc3c(cc12)CC(c1ccccc1)CC3. The second-order valence-electron chi connectivity index (χ2n) is 7.46. The van der Waals surface area contributed by atoms with E-state index in [1.807, 2.05) is 6.07 Å². The van der Waals surface area contributed by atoms with Crippen LogP contribution in [0.5, 0.6) is 0 Å². The van der Waals surface area contributed by atoms with Gasteiger partial charge in [-0.2, -0.15) is 0 Å². The highest BCUT2D eigenvalue weighted by Crippen LogP contribution is 2.38. The molecule has 0 saturated carbocycles. The van der Waals surface area contributed by atoms with Gasteiger partial charge in [0.05, 0.1) is 10.7 Å². The molecule has 3 aromatic heterocycles. The summed E-state index contributed by atoms with van der Waals surface area (Å²) in [5.74, 6) is 0.626. The molecule has 1 aliphatic rings. The van der Waals surface area contributed by atoms with E-state index >= 15 is 0 Å². The largest absolute Gasteiger partial charge is 0.397 e. The lowest BCUT2D eigenvalue weighted by molar-refractivity contribution is 0.103. The Morgan fingerprint density at radius 2 is 2.03 bits per heavy atom. The molecule has 150 valence electrons. The molecule has 1 aromatic carbocycles. The third kappa shape index (κ3) is 3.53.